The highest BCUT2D eigenvalue weighted by Crippen LogP contribution is 2.35. The van der Waals surface area contributed by atoms with Crippen molar-refractivity contribution >= 4 is 51.6 Å². The number of anilines is 1. The van der Waals surface area contributed by atoms with Crippen molar-refractivity contribution in [1.82, 2.24) is 14.6 Å². The van der Waals surface area contributed by atoms with Crippen LogP contribution in [-0.4, -0.2) is 27.6 Å². The molecule has 3 aromatic heterocycles. The van der Waals surface area contributed by atoms with Crippen LogP contribution in [0.2, 0.25) is 9.36 Å². The molecule has 4 rings (SSSR count). The smallest absolute Gasteiger partial charge is 0.287 e. The van der Waals surface area contributed by atoms with Crippen molar-refractivity contribution in [2.45, 2.75) is 0 Å². The normalized spacial score (nSPS) is 11.0. The minimum atomic E-state index is -0.248. The predicted molar refractivity (Wildman–Crippen MR) is 105 cm³/mol. The highest BCUT2D eigenvalue weighted by Gasteiger charge is 2.22. The Morgan fingerprint density at radius 3 is 2.85 bits per heavy atom. The minimum absolute atomic E-state index is 0.248. The molecule has 5 nitrogen and oxygen atoms in total. The standard InChI is InChI=1S/C18H12Cl2N4OS/c1-23(12-6-4-5-11(19)9-12)18(25)17-22-15(16(20)26-17)13-10-21-24-8-3-2-7-14(13)24/h2-10H,1H3. The summed E-state index contributed by atoms with van der Waals surface area (Å²) in [6.07, 6.45) is 3.54. The summed E-state index contributed by atoms with van der Waals surface area (Å²) in [4.78, 5) is 18.8. The van der Waals surface area contributed by atoms with Crippen LogP contribution in [-0.2, 0) is 0 Å². The maximum atomic E-state index is 12.8. The van der Waals surface area contributed by atoms with Crippen LogP contribution in [0.4, 0.5) is 5.69 Å². The number of fused-ring (bicyclic) bond motifs is 1. The molecule has 0 N–H and O–H groups in total. The van der Waals surface area contributed by atoms with Gasteiger partial charge >= 0.3 is 0 Å². The first-order valence-corrected chi connectivity index (χ1v) is 9.24. The maximum absolute atomic E-state index is 12.8. The number of pyridine rings is 1. The molecule has 4 aromatic rings. The highest BCUT2D eigenvalue weighted by molar-refractivity contribution is 7.18. The van der Waals surface area contributed by atoms with Crippen molar-refractivity contribution in [3.05, 3.63) is 69.2 Å². The lowest BCUT2D eigenvalue weighted by Crippen LogP contribution is -2.26. The molecule has 0 aliphatic carbocycles. The Morgan fingerprint density at radius 1 is 1.19 bits per heavy atom. The molecule has 0 aliphatic rings. The molecule has 0 bridgehead atoms. The van der Waals surface area contributed by atoms with E-state index in [1.165, 1.54) is 4.90 Å². The summed E-state index contributed by atoms with van der Waals surface area (Å²) in [5.74, 6) is -0.248. The van der Waals surface area contributed by atoms with Crippen molar-refractivity contribution in [3.63, 3.8) is 0 Å². The summed E-state index contributed by atoms with van der Waals surface area (Å²) in [7, 11) is 1.68. The van der Waals surface area contributed by atoms with Crippen LogP contribution in [0.1, 0.15) is 9.80 Å². The van der Waals surface area contributed by atoms with E-state index in [-0.39, 0.29) is 5.91 Å². The fourth-order valence-corrected chi connectivity index (χ4v) is 3.95. The van der Waals surface area contributed by atoms with Crippen LogP contribution < -0.4 is 4.90 Å². The molecule has 130 valence electrons. The number of carbonyl (C=O) groups excluding carboxylic acids is 1. The molecule has 0 aliphatic heterocycles. The molecule has 0 saturated carbocycles. The van der Waals surface area contributed by atoms with Crippen molar-refractivity contribution in [3.8, 4) is 11.3 Å². The first-order valence-electron chi connectivity index (χ1n) is 7.67. The minimum Gasteiger partial charge on any atom is -0.309 e. The van der Waals surface area contributed by atoms with E-state index in [2.05, 4.69) is 10.1 Å². The van der Waals surface area contributed by atoms with Gasteiger partial charge in [0.05, 0.1) is 11.7 Å². The Hall–Kier alpha value is -2.41. The second-order valence-electron chi connectivity index (χ2n) is 5.57. The van der Waals surface area contributed by atoms with Gasteiger partial charge in [-0.2, -0.15) is 5.10 Å². The van der Waals surface area contributed by atoms with Crippen LogP contribution in [0.3, 0.4) is 0 Å². The molecule has 26 heavy (non-hydrogen) atoms. The Kier molecular flexibility index (Phi) is 4.40. The molecule has 1 aromatic carbocycles. The third-order valence-corrected chi connectivity index (χ3v) is 5.43. The molecule has 3 heterocycles. The number of benzene rings is 1. The van der Waals surface area contributed by atoms with E-state index in [4.69, 9.17) is 23.2 Å². The largest absolute Gasteiger partial charge is 0.309 e. The Bertz CT molecular complexity index is 1120. The lowest BCUT2D eigenvalue weighted by molar-refractivity contribution is 0.0992. The summed E-state index contributed by atoms with van der Waals surface area (Å²) in [5.41, 5.74) is 2.91. The van der Waals surface area contributed by atoms with Gasteiger partial charge < -0.3 is 4.90 Å². The van der Waals surface area contributed by atoms with Gasteiger partial charge in [-0.05, 0) is 30.3 Å². The Morgan fingerprint density at radius 2 is 2.04 bits per heavy atom. The number of halogens is 2. The van der Waals surface area contributed by atoms with Gasteiger partial charge in [0.15, 0.2) is 5.01 Å². The summed E-state index contributed by atoms with van der Waals surface area (Å²) in [6, 6.07) is 12.8. The number of hydrogen-bond donors (Lipinski definition) is 0. The van der Waals surface area contributed by atoms with Crippen LogP contribution in [0, 0.1) is 0 Å². The van der Waals surface area contributed by atoms with Gasteiger partial charge in [-0.15, -0.1) is 0 Å². The lowest BCUT2D eigenvalue weighted by Gasteiger charge is -2.15. The zero-order chi connectivity index (χ0) is 18.3. The van der Waals surface area contributed by atoms with E-state index in [1.807, 2.05) is 30.5 Å². The number of thiazole rings is 1. The van der Waals surface area contributed by atoms with Gasteiger partial charge in [0.2, 0.25) is 0 Å². The summed E-state index contributed by atoms with van der Waals surface area (Å²) < 4.78 is 2.19. The van der Waals surface area contributed by atoms with Gasteiger partial charge in [-0.25, -0.2) is 9.50 Å². The van der Waals surface area contributed by atoms with Crippen molar-refractivity contribution in [2.24, 2.45) is 0 Å². The fraction of sp³-hybridized carbons (Fsp3) is 0.0556. The van der Waals surface area contributed by atoms with Gasteiger partial charge in [0.25, 0.3) is 5.91 Å². The third kappa shape index (κ3) is 2.96. The van der Waals surface area contributed by atoms with E-state index in [0.717, 1.165) is 22.4 Å². The first kappa shape index (κ1) is 17.0. The van der Waals surface area contributed by atoms with Crippen molar-refractivity contribution < 1.29 is 4.79 Å². The molecule has 0 fully saturated rings. The lowest BCUT2D eigenvalue weighted by atomic mass is 10.2. The quantitative estimate of drug-likeness (QED) is 0.482. The number of rotatable bonds is 3. The van der Waals surface area contributed by atoms with E-state index in [9.17, 15) is 4.79 Å². The third-order valence-electron chi connectivity index (χ3n) is 3.95. The van der Waals surface area contributed by atoms with Gasteiger partial charge in [-0.3, -0.25) is 4.79 Å². The molecular weight excluding hydrogens is 391 g/mol. The van der Waals surface area contributed by atoms with E-state index in [0.29, 0.717) is 25.7 Å². The number of amides is 1. The second kappa shape index (κ2) is 6.72. The molecule has 0 radical (unpaired) electrons. The summed E-state index contributed by atoms with van der Waals surface area (Å²) >= 11 is 13.5. The van der Waals surface area contributed by atoms with Gasteiger partial charge in [0.1, 0.15) is 10.0 Å². The summed E-state index contributed by atoms with van der Waals surface area (Å²) in [6.45, 7) is 0. The number of hydrogen-bond acceptors (Lipinski definition) is 4. The molecule has 0 spiro atoms. The molecular formula is C18H12Cl2N4OS. The monoisotopic (exact) mass is 402 g/mol. The van der Waals surface area contributed by atoms with E-state index < -0.39 is 0 Å². The first-order chi connectivity index (χ1) is 12.5. The van der Waals surface area contributed by atoms with E-state index >= 15 is 0 Å². The summed E-state index contributed by atoms with van der Waals surface area (Å²) in [5, 5.41) is 5.16. The molecule has 1 amide bonds. The average Bonchev–Trinajstić information content (AvgIpc) is 3.23. The molecule has 0 atom stereocenters. The van der Waals surface area contributed by atoms with Crippen LogP contribution in [0.15, 0.2) is 54.9 Å². The Labute approximate surface area is 163 Å². The Balaban J connectivity index is 1.71. The van der Waals surface area contributed by atoms with Crippen LogP contribution in [0.25, 0.3) is 16.8 Å². The second-order valence-corrected chi connectivity index (χ2v) is 7.61. The van der Waals surface area contributed by atoms with Crippen LogP contribution in [0.5, 0.6) is 0 Å². The average molecular weight is 403 g/mol. The SMILES string of the molecule is CN(C(=O)c1nc(-c2cnn3ccccc23)c(Cl)s1)c1cccc(Cl)c1. The van der Waals surface area contributed by atoms with Crippen molar-refractivity contribution in [2.75, 3.05) is 11.9 Å². The van der Waals surface area contributed by atoms with Crippen LogP contribution >= 0.6 is 34.5 Å². The number of aromatic nitrogens is 3. The van der Waals surface area contributed by atoms with Crippen molar-refractivity contribution in [1.29, 1.82) is 0 Å². The molecule has 0 unspecified atom stereocenters. The zero-order valence-electron chi connectivity index (χ0n) is 13.6. The number of nitrogens with zero attached hydrogens (tertiary/aromatic N) is 4. The molecule has 8 heteroatoms. The van der Waals surface area contributed by atoms with Gasteiger partial charge in [0, 0.05) is 29.5 Å². The molecule has 0 saturated heterocycles. The predicted octanol–water partition coefficient (Wildman–Crippen LogP) is 5.04. The zero-order valence-corrected chi connectivity index (χ0v) is 15.9. The number of carbonyl (C=O) groups is 1. The highest BCUT2D eigenvalue weighted by atomic mass is 35.5. The maximum Gasteiger partial charge on any atom is 0.287 e. The topological polar surface area (TPSA) is 50.5 Å². The fourth-order valence-electron chi connectivity index (χ4n) is 2.62. The van der Waals surface area contributed by atoms with E-state index in [1.54, 1.807) is 36.0 Å². The van der Waals surface area contributed by atoms with Gasteiger partial charge in [-0.1, -0.05) is 46.7 Å².